The molecule has 0 bridgehead atoms. The number of hydrogen-bond donors (Lipinski definition) is 2. The van der Waals surface area contributed by atoms with Gasteiger partial charge in [0.15, 0.2) is 0 Å². The number of thiazole rings is 1. The lowest BCUT2D eigenvalue weighted by Gasteiger charge is -2.14. The van der Waals surface area contributed by atoms with Crippen molar-refractivity contribution in [2.75, 3.05) is 0 Å². The Labute approximate surface area is 98.5 Å². The first-order chi connectivity index (χ1) is 7.79. The Morgan fingerprint density at radius 3 is 2.88 bits per heavy atom. The van der Waals surface area contributed by atoms with E-state index in [4.69, 9.17) is 5.84 Å². The summed E-state index contributed by atoms with van der Waals surface area (Å²) < 4.78 is 0. The molecule has 1 atom stereocenters. The highest BCUT2D eigenvalue weighted by Gasteiger charge is 2.11. The normalized spacial score (nSPS) is 12.6. The molecule has 5 heteroatoms. The third-order valence-electron chi connectivity index (χ3n) is 2.43. The molecule has 16 heavy (non-hydrogen) atoms. The maximum Gasteiger partial charge on any atom is 0.0794 e. The molecule has 0 aliphatic carbocycles. The smallest absolute Gasteiger partial charge is 0.0794 e. The van der Waals surface area contributed by atoms with Crippen LogP contribution in [-0.4, -0.2) is 9.97 Å². The SMILES string of the molecule is Cc1ccc(C(Cc2cncs2)NN)cn1. The van der Waals surface area contributed by atoms with E-state index in [9.17, 15) is 0 Å². The molecule has 2 aromatic rings. The summed E-state index contributed by atoms with van der Waals surface area (Å²) in [7, 11) is 0. The molecule has 0 saturated heterocycles. The van der Waals surface area contributed by atoms with Crippen molar-refractivity contribution in [2.45, 2.75) is 19.4 Å². The average Bonchev–Trinajstić information content (AvgIpc) is 2.80. The van der Waals surface area contributed by atoms with Crippen LogP contribution in [0.2, 0.25) is 0 Å². The maximum absolute atomic E-state index is 5.57. The molecule has 3 N–H and O–H groups in total. The van der Waals surface area contributed by atoms with Gasteiger partial charge in [0.25, 0.3) is 0 Å². The summed E-state index contributed by atoms with van der Waals surface area (Å²) in [5.74, 6) is 5.57. The van der Waals surface area contributed by atoms with Gasteiger partial charge in [-0.15, -0.1) is 11.3 Å². The molecule has 0 amide bonds. The van der Waals surface area contributed by atoms with Crippen LogP contribution < -0.4 is 11.3 Å². The van der Waals surface area contributed by atoms with Crippen molar-refractivity contribution in [3.8, 4) is 0 Å². The van der Waals surface area contributed by atoms with E-state index < -0.39 is 0 Å². The Kier molecular flexibility index (Phi) is 3.61. The largest absolute Gasteiger partial charge is 0.271 e. The number of aromatic nitrogens is 2. The van der Waals surface area contributed by atoms with Gasteiger partial charge in [-0.05, 0) is 18.6 Å². The minimum atomic E-state index is 0.0912. The minimum Gasteiger partial charge on any atom is -0.271 e. The van der Waals surface area contributed by atoms with Crippen molar-refractivity contribution in [3.05, 3.63) is 46.2 Å². The number of aryl methyl sites for hydroxylation is 1. The number of rotatable bonds is 4. The summed E-state index contributed by atoms with van der Waals surface area (Å²) in [4.78, 5) is 9.53. The van der Waals surface area contributed by atoms with Gasteiger partial charge in [0.05, 0.1) is 11.6 Å². The van der Waals surface area contributed by atoms with Gasteiger partial charge in [0.2, 0.25) is 0 Å². The van der Waals surface area contributed by atoms with Gasteiger partial charge in [-0.1, -0.05) is 6.07 Å². The first kappa shape index (κ1) is 11.2. The lowest BCUT2D eigenvalue weighted by molar-refractivity contribution is 0.553. The Balaban J connectivity index is 2.13. The maximum atomic E-state index is 5.57. The summed E-state index contributed by atoms with van der Waals surface area (Å²) >= 11 is 1.64. The summed E-state index contributed by atoms with van der Waals surface area (Å²) in [5.41, 5.74) is 6.75. The van der Waals surface area contributed by atoms with Crippen LogP contribution in [0.4, 0.5) is 0 Å². The topological polar surface area (TPSA) is 63.8 Å². The molecule has 0 aliphatic rings. The molecule has 0 aromatic carbocycles. The molecule has 2 rings (SSSR count). The van der Waals surface area contributed by atoms with Gasteiger partial charge < -0.3 is 0 Å². The van der Waals surface area contributed by atoms with Crippen molar-refractivity contribution >= 4 is 11.3 Å². The molecule has 0 spiro atoms. The number of nitrogens with zero attached hydrogens (tertiary/aromatic N) is 2. The predicted molar refractivity (Wildman–Crippen MR) is 64.9 cm³/mol. The van der Waals surface area contributed by atoms with E-state index in [1.54, 1.807) is 11.3 Å². The Bertz CT molecular complexity index is 424. The quantitative estimate of drug-likeness (QED) is 0.623. The zero-order valence-electron chi connectivity index (χ0n) is 9.05. The van der Waals surface area contributed by atoms with E-state index in [2.05, 4.69) is 15.4 Å². The second-order valence-corrected chi connectivity index (χ2v) is 4.59. The lowest BCUT2D eigenvalue weighted by atomic mass is 10.1. The third kappa shape index (κ3) is 2.63. The average molecular weight is 234 g/mol. The van der Waals surface area contributed by atoms with E-state index in [-0.39, 0.29) is 6.04 Å². The molecule has 0 radical (unpaired) electrons. The molecule has 84 valence electrons. The van der Waals surface area contributed by atoms with Crippen molar-refractivity contribution in [1.29, 1.82) is 0 Å². The van der Waals surface area contributed by atoms with Crippen molar-refractivity contribution in [1.82, 2.24) is 15.4 Å². The van der Waals surface area contributed by atoms with Crippen molar-refractivity contribution in [2.24, 2.45) is 5.84 Å². The zero-order valence-corrected chi connectivity index (χ0v) is 9.87. The highest BCUT2D eigenvalue weighted by atomic mass is 32.1. The first-order valence-electron chi connectivity index (χ1n) is 5.05. The predicted octanol–water partition coefficient (Wildman–Crippen LogP) is 1.59. The fourth-order valence-electron chi connectivity index (χ4n) is 1.50. The van der Waals surface area contributed by atoms with Crippen LogP contribution in [0.3, 0.4) is 0 Å². The Hall–Kier alpha value is -1.30. The van der Waals surface area contributed by atoms with Crippen LogP contribution in [0.25, 0.3) is 0 Å². The molecule has 2 heterocycles. The third-order valence-corrected chi connectivity index (χ3v) is 3.23. The van der Waals surface area contributed by atoms with E-state index in [0.717, 1.165) is 17.7 Å². The van der Waals surface area contributed by atoms with Crippen LogP contribution in [0.5, 0.6) is 0 Å². The van der Waals surface area contributed by atoms with Gasteiger partial charge in [0.1, 0.15) is 0 Å². The fraction of sp³-hybridized carbons (Fsp3) is 0.273. The van der Waals surface area contributed by atoms with Crippen LogP contribution in [-0.2, 0) is 6.42 Å². The highest BCUT2D eigenvalue weighted by molar-refractivity contribution is 7.09. The van der Waals surface area contributed by atoms with Gasteiger partial charge in [-0.25, -0.2) is 0 Å². The number of nitrogens with two attached hydrogens (primary N) is 1. The van der Waals surface area contributed by atoms with Gasteiger partial charge in [0, 0.05) is 29.4 Å². The Morgan fingerprint density at radius 2 is 2.31 bits per heavy atom. The van der Waals surface area contributed by atoms with Crippen molar-refractivity contribution in [3.63, 3.8) is 0 Å². The minimum absolute atomic E-state index is 0.0912. The van der Waals surface area contributed by atoms with Crippen LogP contribution >= 0.6 is 11.3 Å². The van der Waals surface area contributed by atoms with Gasteiger partial charge >= 0.3 is 0 Å². The molecule has 0 fully saturated rings. The highest BCUT2D eigenvalue weighted by Crippen LogP contribution is 2.19. The lowest BCUT2D eigenvalue weighted by Crippen LogP contribution is -2.29. The summed E-state index contributed by atoms with van der Waals surface area (Å²) in [6.07, 6.45) is 4.57. The molecule has 4 nitrogen and oxygen atoms in total. The molecule has 0 saturated carbocycles. The van der Waals surface area contributed by atoms with Crippen LogP contribution in [0.15, 0.2) is 30.0 Å². The first-order valence-corrected chi connectivity index (χ1v) is 5.93. The van der Waals surface area contributed by atoms with Crippen LogP contribution in [0, 0.1) is 6.92 Å². The van der Waals surface area contributed by atoms with Crippen LogP contribution in [0.1, 0.15) is 22.2 Å². The van der Waals surface area contributed by atoms with Gasteiger partial charge in [-0.2, -0.15) is 0 Å². The molecular formula is C11H14N4S. The number of pyridine rings is 1. The van der Waals surface area contributed by atoms with E-state index >= 15 is 0 Å². The zero-order chi connectivity index (χ0) is 11.4. The molecule has 1 unspecified atom stereocenters. The monoisotopic (exact) mass is 234 g/mol. The molecular weight excluding hydrogens is 220 g/mol. The number of nitrogens with one attached hydrogen (secondary N) is 1. The number of hydrogen-bond acceptors (Lipinski definition) is 5. The standard InChI is InChI=1S/C11H14N4S/c1-8-2-3-9(5-14-8)11(15-12)4-10-6-13-7-16-10/h2-3,5-7,11,15H,4,12H2,1H3. The second kappa shape index (κ2) is 5.16. The van der Waals surface area contributed by atoms with E-state index in [1.165, 1.54) is 4.88 Å². The Morgan fingerprint density at radius 1 is 1.44 bits per heavy atom. The van der Waals surface area contributed by atoms with E-state index in [0.29, 0.717) is 0 Å². The fourth-order valence-corrected chi connectivity index (χ4v) is 2.14. The van der Waals surface area contributed by atoms with E-state index in [1.807, 2.05) is 37.0 Å². The molecule has 2 aromatic heterocycles. The summed E-state index contributed by atoms with van der Waals surface area (Å²) in [5, 5.41) is 0. The summed E-state index contributed by atoms with van der Waals surface area (Å²) in [6, 6.07) is 4.13. The van der Waals surface area contributed by atoms with Gasteiger partial charge in [-0.3, -0.25) is 21.2 Å². The number of hydrazine groups is 1. The second-order valence-electron chi connectivity index (χ2n) is 3.62. The molecule has 0 aliphatic heterocycles. The summed E-state index contributed by atoms with van der Waals surface area (Å²) in [6.45, 7) is 1.97. The van der Waals surface area contributed by atoms with Crippen molar-refractivity contribution < 1.29 is 0 Å².